The Morgan fingerprint density at radius 3 is 1.97 bits per heavy atom. The molecule has 1 fully saturated rings. The second-order valence-electron chi connectivity index (χ2n) is 11.3. The Balaban J connectivity index is 2.93. The summed E-state index contributed by atoms with van der Waals surface area (Å²) < 4.78 is 39.7. The lowest BCUT2D eigenvalue weighted by atomic mass is 10.2. The van der Waals surface area contributed by atoms with Crippen molar-refractivity contribution >= 4 is 26.0 Å². The summed E-state index contributed by atoms with van der Waals surface area (Å²) in [6.45, 7) is 14.1. The van der Waals surface area contributed by atoms with Crippen LogP contribution in [0.3, 0.4) is 0 Å². The van der Waals surface area contributed by atoms with Crippen molar-refractivity contribution in [2.24, 2.45) is 0 Å². The fourth-order valence-corrected chi connectivity index (χ4v) is 4.91. The van der Waals surface area contributed by atoms with Gasteiger partial charge in [-0.3, -0.25) is 18.7 Å². The average Bonchev–Trinajstić information content (AvgIpc) is 3.04. The van der Waals surface area contributed by atoms with E-state index in [0.717, 1.165) is 4.90 Å². The molecule has 0 aliphatic carbocycles. The molecule has 1 N–H and O–H groups in total. The molecule has 0 radical (unpaired) electrons. The summed E-state index contributed by atoms with van der Waals surface area (Å²) in [5.41, 5.74) is -2.54. The molecule has 204 valence electrons. The first-order valence-electron chi connectivity index (χ1n) is 11.5. The summed E-state index contributed by atoms with van der Waals surface area (Å²) >= 11 is 0. The molecule has 1 aliphatic heterocycles. The summed E-state index contributed by atoms with van der Waals surface area (Å²) in [6.07, 6.45) is -0.922. The molecule has 1 rings (SSSR count). The predicted molar refractivity (Wildman–Crippen MR) is 127 cm³/mol. The second-order valence-corrected chi connectivity index (χ2v) is 12.8. The smallest absolute Gasteiger partial charge is 0.465 e. The number of amides is 2. The van der Waals surface area contributed by atoms with Gasteiger partial charge in [-0.2, -0.15) is 0 Å². The number of carbonyl (C=O) groups is 3. The largest absolute Gasteiger partial charge is 0.478 e. The fourth-order valence-electron chi connectivity index (χ4n) is 3.24. The third-order valence-electron chi connectivity index (χ3n) is 4.22. The Kier molecular flexibility index (Phi) is 10.6. The normalized spacial score (nSPS) is 17.3. The van der Waals surface area contributed by atoms with Crippen LogP contribution < -0.4 is 0 Å². The average molecular weight is 525 g/mol. The molecular weight excluding hydrogens is 483 g/mol. The van der Waals surface area contributed by atoms with Crippen LogP contribution in [-0.2, 0) is 32.4 Å². The minimum Gasteiger partial charge on any atom is -0.465 e. The van der Waals surface area contributed by atoms with Gasteiger partial charge in [-0.1, -0.05) is 0 Å². The number of phosphoric ester groups is 1. The van der Waals surface area contributed by atoms with Gasteiger partial charge in [0.25, 0.3) is 0 Å². The Hall–Kier alpha value is -1.88. The quantitative estimate of drug-likeness (QED) is 0.258. The molecule has 0 bridgehead atoms. The highest BCUT2D eigenvalue weighted by Gasteiger charge is 2.38. The molecule has 1 saturated heterocycles. The summed E-state index contributed by atoms with van der Waals surface area (Å²) in [6, 6.07) is -0.511. The number of esters is 1. The number of hydrogen-bond acceptors (Lipinski definition) is 9. The monoisotopic (exact) mass is 524 g/mol. The Morgan fingerprint density at radius 2 is 1.51 bits per heavy atom. The Labute approximate surface area is 207 Å². The molecular formula is C22H41N2O10P. The first-order valence-corrected chi connectivity index (χ1v) is 12.9. The lowest BCUT2D eigenvalue weighted by molar-refractivity contribution is -0.156. The van der Waals surface area contributed by atoms with Crippen LogP contribution in [0.25, 0.3) is 0 Å². The molecule has 1 atom stereocenters. The van der Waals surface area contributed by atoms with E-state index in [2.05, 4.69) is 0 Å². The number of ether oxygens (including phenoxy) is 2. The molecule has 35 heavy (non-hydrogen) atoms. The van der Waals surface area contributed by atoms with Crippen molar-refractivity contribution in [2.75, 3.05) is 26.4 Å². The predicted octanol–water partition coefficient (Wildman–Crippen LogP) is 4.62. The lowest BCUT2D eigenvalue weighted by Gasteiger charge is -2.31. The molecule has 0 aromatic heterocycles. The first-order chi connectivity index (χ1) is 15.7. The van der Waals surface area contributed by atoms with E-state index in [1.807, 2.05) is 0 Å². The van der Waals surface area contributed by atoms with Crippen LogP contribution in [-0.4, -0.2) is 82.3 Å². The van der Waals surface area contributed by atoms with Crippen LogP contribution in [0.2, 0.25) is 0 Å². The highest BCUT2D eigenvalue weighted by molar-refractivity contribution is 7.48. The van der Waals surface area contributed by atoms with Crippen LogP contribution in [0.4, 0.5) is 9.59 Å². The van der Waals surface area contributed by atoms with Crippen molar-refractivity contribution in [3.05, 3.63) is 0 Å². The number of rotatable bonds is 9. The zero-order valence-corrected chi connectivity index (χ0v) is 23.2. The van der Waals surface area contributed by atoms with Crippen molar-refractivity contribution in [1.82, 2.24) is 9.80 Å². The molecule has 0 aromatic rings. The molecule has 0 aromatic carbocycles. The molecule has 13 heteroatoms. The van der Waals surface area contributed by atoms with Gasteiger partial charge < -0.3 is 19.5 Å². The third kappa shape index (κ3) is 12.6. The summed E-state index contributed by atoms with van der Waals surface area (Å²) in [4.78, 5) is 39.0. The Bertz CT molecular complexity index is 778. The highest BCUT2D eigenvalue weighted by Crippen LogP contribution is 2.55. The van der Waals surface area contributed by atoms with Gasteiger partial charge in [-0.15, -0.1) is 0 Å². The molecule has 2 amide bonds. The van der Waals surface area contributed by atoms with Gasteiger partial charge in [0.1, 0.15) is 12.1 Å². The van der Waals surface area contributed by atoms with E-state index in [-0.39, 0.29) is 6.54 Å². The number of nitrogens with zero attached hydrogens (tertiary/aromatic N) is 2. The summed E-state index contributed by atoms with van der Waals surface area (Å²) in [5, 5.41) is 9.41. The number of hydrogen-bond donors (Lipinski definition) is 1. The van der Waals surface area contributed by atoms with Gasteiger partial charge in [0, 0.05) is 13.1 Å². The van der Waals surface area contributed by atoms with Gasteiger partial charge in [0.15, 0.2) is 0 Å². The zero-order chi connectivity index (χ0) is 27.2. The molecule has 1 heterocycles. The van der Waals surface area contributed by atoms with E-state index in [1.165, 1.54) is 4.90 Å². The van der Waals surface area contributed by atoms with Crippen LogP contribution in [0.15, 0.2) is 0 Å². The zero-order valence-electron chi connectivity index (χ0n) is 22.3. The van der Waals surface area contributed by atoms with Gasteiger partial charge in [-0.05, 0) is 75.2 Å². The van der Waals surface area contributed by atoms with Gasteiger partial charge in [0.05, 0.1) is 17.2 Å². The van der Waals surface area contributed by atoms with Gasteiger partial charge in [0.2, 0.25) is 6.79 Å². The van der Waals surface area contributed by atoms with E-state index in [0.29, 0.717) is 19.4 Å². The van der Waals surface area contributed by atoms with Crippen LogP contribution in [0, 0.1) is 0 Å². The maximum atomic E-state index is 13.1. The second kappa shape index (κ2) is 11.9. The molecule has 0 unspecified atom stereocenters. The molecule has 1 aliphatic rings. The van der Waals surface area contributed by atoms with Crippen molar-refractivity contribution in [1.29, 1.82) is 0 Å². The summed E-state index contributed by atoms with van der Waals surface area (Å²) in [5.74, 6) is -0.687. The minimum atomic E-state index is -4.13. The topological polar surface area (TPSA) is 141 Å². The Morgan fingerprint density at radius 1 is 0.971 bits per heavy atom. The third-order valence-corrected chi connectivity index (χ3v) is 6.18. The van der Waals surface area contributed by atoms with Gasteiger partial charge in [-0.25, -0.2) is 18.7 Å². The van der Waals surface area contributed by atoms with E-state index < -0.39 is 62.2 Å². The summed E-state index contributed by atoms with van der Waals surface area (Å²) in [7, 11) is -4.13. The van der Waals surface area contributed by atoms with Crippen LogP contribution >= 0.6 is 7.82 Å². The maximum Gasteiger partial charge on any atom is 0.478 e. The lowest BCUT2D eigenvalue weighted by Crippen LogP contribution is -2.47. The van der Waals surface area contributed by atoms with E-state index in [9.17, 15) is 24.1 Å². The minimum absolute atomic E-state index is 0.0843. The SMILES string of the molecule is CC(C)(C)OC(=O)CN(C[C@@H]1CCCN1C(=O)O)C(=O)OCOP(=O)(OC(C)(C)C)OC(C)(C)C. The number of carbonyl (C=O) groups excluding carboxylic acids is 2. The fraction of sp³-hybridized carbons (Fsp3) is 0.864. The highest BCUT2D eigenvalue weighted by atomic mass is 31.2. The van der Waals surface area contributed by atoms with Crippen molar-refractivity contribution in [3.63, 3.8) is 0 Å². The molecule has 0 saturated carbocycles. The number of phosphoric acid groups is 1. The first kappa shape index (κ1) is 31.2. The van der Waals surface area contributed by atoms with Crippen molar-refractivity contribution in [2.45, 2.75) is 98.0 Å². The van der Waals surface area contributed by atoms with E-state index in [4.69, 9.17) is 23.0 Å². The van der Waals surface area contributed by atoms with Crippen LogP contribution in [0.5, 0.6) is 0 Å². The van der Waals surface area contributed by atoms with Crippen LogP contribution in [0.1, 0.15) is 75.2 Å². The van der Waals surface area contributed by atoms with Gasteiger partial charge >= 0.3 is 26.0 Å². The number of carboxylic acid groups (broad SMARTS) is 1. The maximum absolute atomic E-state index is 13.1. The van der Waals surface area contributed by atoms with E-state index >= 15 is 0 Å². The van der Waals surface area contributed by atoms with Crippen molar-refractivity contribution in [3.8, 4) is 0 Å². The molecule has 12 nitrogen and oxygen atoms in total. The number of likely N-dealkylation sites (tertiary alicyclic amines) is 1. The van der Waals surface area contributed by atoms with E-state index in [1.54, 1.807) is 62.3 Å². The van der Waals surface area contributed by atoms with Crippen molar-refractivity contribution < 1.29 is 47.1 Å². The standard InChI is InChI=1S/C22H41N2O10P/c1-20(2,3)32-17(25)14-23(13-16-11-10-12-24(16)18(26)27)19(28)30-15-31-35(29,33-21(4,5)6)34-22(7,8)9/h16H,10-15H2,1-9H3,(H,26,27)/t16-/m0/s1. The molecule has 0 spiro atoms.